The van der Waals surface area contributed by atoms with E-state index in [2.05, 4.69) is 5.32 Å². The summed E-state index contributed by atoms with van der Waals surface area (Å²) in [6.07, 6.45) is -5.67. The maximum atomic E-state index is 11.9. The van der Waals surface area contributed by atoms with Gasteiger partial charge in [0.15, 0.2) is 0 Å². The molecule has 1 unspecified atom stereocenters. The second-order valence-corrected chi connectivity index (χ2v) is 4.65. The second-order valence-electron chi connectivity index (χ2n) is 4.65. The van der Waals surface area contributed by atoms with E-state index in [0.717, 1.165) is 5.56 Å². The van der Waals surface area contributed by atoms with Crippen LogP contribution in [0.3, 0.4) is 0 Å². The molecule has 1 rings (SSSR count). The Hall–Kier alpha value is -1.27. The zero-order valence-corrected chi connectivity index (χ0v) is 11.4. The molecule has 3 nitrogen and oxygen atoms in total. The number of hydrogen-bond acceptors (Lipinski definition) is 3. The zero-order chi connectivity index (χ0) is 15.0. The van der Waals surface area contributed by atoms with Crippen molar-refractivity contribution in [3.63, 3.8) is 0 Å². The lowest BCUT2D eigenvalue weighted by molar-refractivity contribution is -0.135. The van der Waals surface area contributed by atoms with Gasteiger partial charge in [-0.25, -0.2) is 0 Å². The highest BCUT2D eigenvalue weighted by Gasteiger charge is 2.25. The molecule has 20 heavy (non-hydrogen) atoms. The van der Waals surface area contributed by atoms with E-state index in [1.54, 1.807) is 6.07 Å². The molecule has 1 atom stereocenters. The van der Waals surface area contributed by atoms with Crippen LogP contribution < -0.4 is 10.1 Å². The number of para-hydroxylation sites is 1. The monoisotopic (exact) mass is 291 g/mol. The summed E-state index contributed by atoms with van der Waals surface area (Å²) in [6, 6.07) is 7.43. The Balaban J connectivity index is 2.12. The molecule has 0 fully saturated rings. The average molecular weight is 291 g/mol. The van der Waals surface area contributed by atoms with Gasteiger partial charge in [-0.2, -0.15) is 13.2 Å². The number of ether oxygens (including phenoxy) is 1. The summed E-state index contributed by atoms with van der Waals surface area (Å²) in [6.45, 7) is 2.44. The summed E-state index contributed by atoms with van der Waals surface area (Å²) in [4.78, 5) is 0. The lowest BCUT2D eigenvalue weighted by atomic mass is 10.2. The molecule has 1 aromatic rings. The largest absolute Gasteiger partial charge is 0.491 e. The lowest BCUT2D eigenvalue weighted by Crippen LogP contribution is -2.32. The van der Waals surface area contributed by atoms with Crippen LogP contribution in [0.5, 0.6) is 5.75 Å². The Morgan fingerprint density at radius 3 is 2.65 bits per heavy atom. The van der Waals surface area contributed by atoms with Gasteiger partial charge in [0.05, 0.1) is 0 Å². The highest BCUT2D eigenvalue weighted by Crippen LogP contribution is 2.20. The van der Waals surface area contributed by atoms with Crippen molar-refractivity contribution in [2.75, 3.05) is 19.7 Å². The van der Waals surface area contributed by atoms with Gasteiger partial charge in [-0.05, 0) is 31.5 Å². The number of halogens is 3. The molecule has 2 N–H and O–H groups in total. The van der Waals surface area contributed by atoms with Gasteiger partial charge in [-0.1, -0.05) is 18.2 Å². The first-order chi connectivity index (χ1) is 9.38. The van der Waals surface area contributed by atoms with E-state index in [0.29, 0.717) is 5.75 Å². The van der Waals surface area contributed by atoms with Crippen molar-refractivity contribution in [1.29, 1.82) is 0 Å². The summed E-state index contributed by atoms with van der Waals surface area (Å²) >= 11 is 0. The van der Waals surface area contributed by atoms with E-state index in [1.165, 1.54) is 0 Å². The van der Waals surface area contributed by atoms with Crippen LogP contribution in [0.25, 0.3) is 0 Å². The molecule has 0 heterocycles. The van der Waals surface area contributed by atoms with Crippen molar-refractivity contribution in [1.82, 2.24) is 5.32 Å². The first-order valence-corrected chi connectivity index (χ1v) is 6.52. The minimum absolute atomic E-state index is 0.00880. The first kappa shape index (κ1) is 16.8. The van der Waals surface area contributed by atoms with Crippen molar-refractivity contribution >= 4 is 0 Å². The molecule has 0 aliphatic heterocycles. The van der Waals surface area contributed by atoms with E-state index in [9.17, 15) is 18.3 Å². The molecule has 114 valence electrons. The quantitative estimate of drug-likeness (QED) is 0.724. The minimum Gasteiger partial charge on any atom is -0.491 e. The minimum atomic E-state index is -4.12. The number of benzene rings is 1. The van der Waals surface area contributed by atoms with Crippen LogP contribution in [0, 0.1) is 6.92 Å². The van der Waals surface area contributed by atoms with Crippen molar-refractivity contribution in [2.45, 2.75) is 32.0 Å². The highest BCUT2D eigenvalue weighted by atomic mass is 19.4. The number of rotatable bonds is 8. The number of nitrogens with one attached hydrogen (secondary N) is 1. The van der Waals surface area contributed by atoms with Gasteiger partial charge in [0.25, 0.3) is 0 Å². The van der Waals surface area contributed by atoms with E-state index in [4.69, 9.17) is 4.74 Å². The molecule has 0 saturated heterocycles. The average Bonchev–Trinajstić information content (AvgIpc) is 2.36. The maximum Gasteiger partial charge on any atom is 0.389 e. The molecule has 0 spiro atoms. The van der Waals surface area contributed by atoms with Gasteiger partial charge in [-0.3, -0.25) is 0 Å². The second kappa shape index (κ2) is 8.11. The molecule has 0 radical (unpaired) electrons. The summed E-state index contributed by atoms with van der Waals surface area (Å²) in [7, 11) is 0. The van der Waals surface area contributed by atoms with Gasteiger partial charge < -0.3 is 15.2 Å². The fourth-order valence-electron chi connectivity index (χ4n) is 1.65. The molecule has 0 aliphatic carbocycles. The summed E-state index contributed by atoms with van der Waals surface area (Å²) < 4.78 is 41.1. The zero-order valence-electron chi connectivity index (χ0n) is 11.4. The molecule has 0 aliphatic rings. The summed E-state index contributed by atoms with van der Waals surface area (Å²) in [5, 5.41) is 12.4. The van der Waals surface area contributed by atoms with Gasteiger partial charge in [0.1, 0.15) is 18.5 Å². The fourth-order valence-corrected chi connectivity index (χ4v) is 1.65. The molecule has 0 amide bonds. The fraction of sp³-hybridized carbons (Fsp3) is 0.571. The lowest BCUT2D eigenvalue weighted by Gasteiger charge is -2.14. The van der Waals surface area contributed by atoms with Crippen LogP contribution >= 0.6 is 0 Å². The number of aliphatic hydroxyl groups excluding tert-OH is 1. The number of hydrogen-bond donors (Lipinski definition) is 2. The maximum absolute atomic E-state index is 11.9. The predicted octanol–water partition coefficient (Wildman–Crippen LogP) is 2.67. The molecule has 0 bridgehead atoms. The van der Waals surface area contributed by atoms with Crippen LogP contribution in [0.15, 0.2) is 24.3 Å². The Bertz CT molecular complexity index is 396. The topological polar surface area (TPSA) is 41.5 Å². The van der Waals surface area contributed by atoms with Crippen LogP contribution in [0.4, 0.5) is 13.2 Å². The third-order valence-corrected chi connectivity index (χ3v) is 2.72. The van der Waals surface area contributed by atoms with E-state index in [1.807, 2.05) is 25.1 Å². The number of aryl methyl sites for hydroxylation is 1. The van der Waals surface area contributed by atoms with Crippen LogP contribution in [0.1, 0.15) is 18.4 Å². The normalized spacial score (nSPS) is 13.2. The van der Waals surface area contributed by atoms with E-state index in [-0.39, 0.29) is 26.1 Å². The Labute approximate surface area is 116 Å². The van der Waals surface area contributed by atoms with Crippen molar-refractivity contribution in [2.24, 2.45) is 0 Å². The van der Waals surface area contributed by atoms with E-state index >= 15 is 0 Å². The summed E-state index contributed by atoms with van der Waals surface area (Å²) in [5.41, 5.74) is 0.970. The molecule has 6 heteroatoms. The SMILES string of the molecule is Cc1ccccc1OCC(O)CNCCCC(F)(F)F. The van der Waals surface area contributed by atoms with E-state index < -0.39 is 18.7 Å². The first-order valence-electron chi connectivity index (χ1n) is 6.52. The van der Waals surface area contributed by atoms with Crippen LogP contribution in [-0.4, -0.2) is 37.1 Å². The Kier molecular flexibility index (Phi) is 6.81. The number of aliphatic hydroxyl groups is 1. The molecule has 0 aromatic heterocycles. The van der Waals surface area contributed by atoms with Crippen molar-refractivity contribution < 1.29 is 23.0 Å². The third-order valence-electron chi connectivity index (χ3n) is 2.72. The third kappa shape index (κ3) is 7.35. The smallest absolute Gasteiger partial charge is 0.389 e. The number of alkyl halides is 3. The van der Waals surface area contributed by atoms with Crippen LogP contribution in [-0.2, 0) is 0 Å². The molecule has 0 saturated carbocycles. The Morgan fingerprint density at radius 1 is 1.30 bits per heavy atom. The van der Waals surface area contributed by atoms with Gasteiger partial charge in [0.2, 0.25) is 0 Å². The van der Waals surface area contributed by atoms with Gasteiger partial charge >= 0.3 is 6.18 Å². The standard InChI is InChI=1S/C14H20F3NO2/c1-11-5-2-3-6-13(11)20-10-12(19)9-18-8-4-7-14(15,16)17/h2-3,5-6,12,18-19H,4,7-10H2,1H3. The summed E-state index contributed by atoms with van der Waals surface area (Å²) in [5.74, 6) is 0.698. The predicted molar refractivity (Wildman–Crippen MR) is 70.8 cm³/mol. The van der Waals surface area contributed by atoms with Crippen molar-refractivity contribution in [3.8, 4) is 5.75 Å². The van der Waals surface area contributed by atoms with Crippen molar-refractivity contribution in [3.05, 3.63) is 29.8 Å². The highest BCUT2D eigenvalue weighted by molar-refractivity contribution is 5.31. The molecular weight excluding hydrogens is 271 g/mol. The van der Waals surface area contributed by atoms with Gasteiger partial charge in [-0.15, -0.1) is 0 Å². The molecular formula is C14H20F3NO2. The van der Waals surface area contributed by atoms with Gasteiger partial charge in [0, 0.05) is 13.0 Å². The molecule has 1 aromatic carbocycles. The Morgan fingerprint density at radius 2 is 2.00 bits per heavy atom. The van der Waals surface area contributed by atoms with Crippen LogP contribution in [0.2, 0.25) is 0 Å².